The van der Waals surface area contributed by atoms with Gasteiger partial charge in [0.05, 0.1) is 11.0 Å². The third kappa shape index (κ3) is 5.43. The van der Waals surface area contributed by atoms with Gasteiger partial charge < -0.3 is 9.47 Å². The van der Waals surface area contributed by atoms with Gasteiger partial charge in [-0.15, -0.1) is 0 Å². The van der Waals surface area contributed by atoms with E-state index in [1.807, 2.05) is 0 Å². The first kappa shape index (κ1) is 29.5. The van der Waals surface area contributed by atoms with Crippen LogP contribution in [0.5, 0.6) is 0 Å². The molecule has 0 aliphatic rings. The van der Waals surface area contributed by atoms with E-state index in [1.165, 1.54) is 60.9 Å². The standard InChI is InChI=1S/C48H34N2/c1-4-13-35(14-5-1)36-27-30-43(31-28-36)49(41-16-6-2-7-17-41)44-20-12-15-39(33-44)37-23-25-38(26-24-37)40-29-32-46-45-21-10-11-22-47(45)50(48(46)34-40)42-18-8-3-9-19-42/h1-34H. The van der Waals surface area contributed by atoms with Crippen molar-refractivity contribution in [3.8, 4) is 39.1 Å². The lowest BCUT2D eigenvalue weighted by atomic mass is 9.99. The minimum Gasteiger partial charge on any atom is -0.310 e. The molecule has 2 heteroatoms. The van der Waals surface area contributed by atoms with Crippen molar-refractivity contribution >= 4 is 38.9 Å². The quantitative estimate of drug-likeness (QED) is 0.169. The van der Waals surface area contributed by atoms with Gasteiger partial charge in [-0.25, -0.2) is 0 Å². The summed E-state index contributed by atoms with van der Waals surface area (Å²) in [6.07, 6.45) is 0. The van der Waals surface area contributed by atoms with Crippen molar-refractivity contribution in [3.05, 3.63) is 206 Å². The molecule has 1 aromatic heterocycles. The highest BCUT2D eigenvalue weighted by atomic mass is 15.1. The molecule has 0 saturated heterocycles. The highest BCUT2D eigenvalue weighted by Crippen LogP contribution is 2.38. The Bertz CT molecular complexity index is 2550. The maximum Gasteiger partial charge on any atom is 0.0547 e. The predicted molar refractivity (Wildman–Crippen MR) is 212 cm³/mol. The van der Waals surface area contributed by atoms with Crippen LogP contribution < -0.4 is 4.90 Å². The lowest BCUT2D eigenvalue weighted by molar-refractivity contribution is 1.18. The zero-order valence-corrected chi connectivity index (χ0v) is 27.5. The molecule has 2 nitrogen and oxygen atoms in total. The second-order valence-electron chi connectivity index (χ2n) is 12.6. The molecule has 0 fully saturated rings. The first-order valence-electron chi connectivity index (χ1n) is 17.1. The van der Waals surface area contributed by atoms with Gasteiger partial charge in [0.25, 0.3) is 0 Å². The van der Waals surface area contributed by atoms with Crippen molar-refractivity contribution in [2.75, 3.05) is 4.90 Å². The zero-order chi connectivity index (χ0) is 33.3. The molecular formula is C48H34N2. The maximum absolute atomic E-state index is 2.38. The highest BCUT2D eigenvalue weighted by Gasteiger charge is 2.15. The van der Waals surface area contributed by atoms with E-state index in [1.54, 1.807) is 0 Å². The van der Waals surface area contributed by atoms with E-state index in [2.05, 4.69) is 216 Å². The Kier molecular flexibility index (Phi) is 7.53. The van der Waals surface area contributed by atoms with Crippen LogP contribution in [0.2, 0.25) is 0 Å². The molecule has 0 N–H and O–H groups in total. The number of para-hydroxylation sites is 3. The van der Waals surface area contributed by atoms with E-state index >= 15 is 0 Å². The zero-order valence-electron chi connectivity index (χ0n) is 27.5. The molecule has 0 radical (unpaired) electrons. The first-order valence-corrected chi connectivity index (χ1v) is 17.1. The van der Waals surface area contributed by atoms with Gasteiger partial charge in [0, 0.05) is 33.5 Å². The molecule has 236 valence electrons. The monoisotopic (exact) mass is 638 g/mol. The number of hydrogen-bond acceptors (Lipinski definition) is 1. The fraction of sp³-hybridized carbons (Fsp3) is 0. The summed E-state index contributed by atoms with van der Waals surface area (Å²) < 4.78 is 2.38. The third-order valence-corrected chi connectivity index (χ3v) is 9.59. The number of nitrogens with zero attached hydrogens (tertiary/aromatic N) is 2. The smallest absolute Gasteiger partial charge is 0.0547 e. The summed E-state index contributed by atoms with van der Waals surface area (Å²) in [5, 5.41) is 2.53. The van der Waals surface area contributed by atoms with Gasteiger partial charge in [-0.2, -0.15) is 0 Å². The van der Waals surface area contributed by atoms with E-state index in [0.29, 0.717) is 0 Å². The maximum atomic E-state index is 2.38. The Hall–Kier alpha value is -6.64. The molecular weight excluding hydrogens is 605 g/mol. The normalized spacial score (nSPS) is 11.2. The lowest BCUT2D eigenvalue weighted by Gasteiger charge is -2.26. The van der Waals surface area contributed by atoms with Crippen LogP contribution >= 0.6 is 0 Å². The lowest BCUT2D eigenvalue weighted by Crippen LogP contribution is -2.09. The Labute approximate surface area is 292 Å². The Balaban J connectivity index is 1.06. The van der Waals surface area contributed by atoms with Crippen LogP contribution in [0.15, 0.2) is 206 Å². The summed E-state index contributed by atoms with van der Waals surface area (Å²) in [6, 6.07) is 74.0. The SMILES string of the molecule is c1ccc(-c2ccc(N(c3ccccc3)c3cccc(-c4ccc(-c5ccc6c7ccccc7n(-c7ccccc7)c6c5)cc4)c3)cc2)cc1. The van der Waals surface area contributed by atoms with E-state index in [-0.39, 0.29) is 0 Å². The van der Waals surface area contributed by atoms with Crippen LogP contribution in [0.3, 0.4) is 0 Å². The van der Waals surface area contributed by atoms with Crippen LogP contribution in [0.25, 0.3) is 60.9 Å². The van der Waals surface area contributed by atoms with Crippen LogP contribution in [0.1, 0.15) is 0 Å². The molecule has 0 saturated carbocycles. The van der Waals surface area contributed by atoms with Gasteiger partial charge in [-0.1, -0.05) is 146 Å². The average Bonchev–Trinajstić information content (AvgIpc) is 3.53. The second-order valence-corrected chi connectivity index (χ2v) is 12.6. The molecule has 0 spiro atoms. The largest absolute Gasteiger partial charge is 0.310 e. The van der Waals surface area contributed by atoms with E-state index in [4.69, 9.17) is 0 Å². The molecule has 50 heavy (non-hydrogen) atoms. The molecule has 0 bridgehead atoms. The second kappa shape index (κ2) is 12.8. The first-order chi connectivity index (χ1) is 24.8. The molecule has 0 aliphatic carbocycles. The molecule has 9 aromatic rings. The Morgan fingerprint density at radius 1 is 0.280 bits per heavy atom. The summed E-state index contributed by atoms with van der Waals surface area (Å²) in [6.45, 7) is 0. The fourth-order valence-corrected chi connectivity index (χ4v) is 7.14. The van der Waals surface area contributed by atoms with Gasteiger partial charge in [0.2, 0.25) is 0 Å². The number of rotatable bonds is 7. The fourth-order valence-electron chi connectivity index (χ4n) is 7.14. The van der Waals surface area contributed by atoms with Crippen molar-refractivity contribution in [3.63, 3.8) is 0 Å². The van der Waals surface area contributed by atoms with Crippen molar-refractivity contribution < 1.29 is 0 Å². The Morgan fingerprint density at radius 2 is 0.740 bits per heavy atom. The minimum absolute atomic E-state index is 1.12. The van der Waals surface area contributed by atoms with Crippen molar-refractivity contribution in [1.29, 1.82) is 0 Å². The molecule has 9 rings (SSSR count). The molecule has 0 atom stereocenters. The molecule has 8 aromatic carbocycles. The highest BCUT2D eigenvalue weighted by molar-refractivity contribution is 6.10. The summed E-state index contributed by atoms with van der Waals surface area (Å²) in [4.78, 5) is 2.33. The summed E-state index contributed by atoms with van der Waals surface area (Å²) in [5.74, 6) is 0. The number of benzene rings is 8. The molecule has 1 heterocycles. The topological polar surface area (TPSA) is 8.17 Å². The van der Waals surface area contributed by atoms with Crippen molar-refractivity contribution in [2.24, 2.45) is 0 Å². The summed E-state index contributed by atoms with van der Waals surface area (Å²) >= 11 is 0. The number of aromatic nitrogens is 1. The van der Waals surface area contributed by atoms with Crippen LogP contribution in [0.4, 0.5) is 17.1 Å². The van der Waals surface area contributed by atoms with Gasteiger partial charge in [-0.05, 0) is 94.0 Å². The predicted octanol–water partition coefficient (Wildman–Crippen LogP) is 13.3. The molecule has 0 aliphatic heterocycles. The molecule has 0 unspecified atom stereocenters. The van der Waals surface area contributed by atoms with Crippen LogP contribution in [-0.2, 0) is 0 Å². The van der Waals surface area contributed by atoms with E-state index < -0.39 is 0 Å². The van der Waals surface area contributed by atoms with Gasteiger partial charge >= 0.3 is 0 Å². The van der Waals surface area contributed by atoms with Crippen LogP contribution in [-0.4, -0.2) is 4.57 Å². The van der Waals surface area contributed by atoms with E-state index in [9.17, 15) is 0 Å². The molecule has 0 amide bonds. The Morgan fingerprint density at radius 3 is 1.46 bits per heavy atom. The minimum atomic E-state index is 1.12. The van der Waals surface area contributed by atoms with Crippen molar-refractivity contribution in [1.82, 2.24) is 4.57 Å². The summed E-state index contributed by atoms with van der Waals surface area (Å²) in [7, 11) is 0. The number of anilines is 3. The van der Waals surface area contributed by atoms with Crippen LogP contribution in [0, 0.1) is 0 Å². The van der Waals surface area contributed by atoms with Gasteiger partial charge in [0.15, 0.2) is 0 Å². The van der Waals surface area contributed by atoms with E-state index in [0.717, 1.165) is 17.1 Å². The van der Waals surface area contributed by atoms with Crippen molar-refractivity contribution in [2.45, 2.75) is 0 Å². The average molecular weight is 639 g/mol. The summed E-state index contributed by atoms with van der Waals surface area (Å²) in [5.41, 5.74) is 14.1. The number of fused-ring (bicyclic) bond motifs is 3. The number of hydrogen-bond donors (Lipinski definition) is 0. The van der Waals surface area contributed by atoms with Gasteiger partial charge in [0.1, 0.15) is 0 Å². The van der Waals surface area contributed by atoms with Gasteiger partial charge in [-0.3, -0.25) is 0 Å². The third-order valence-electron chi connectivity index (χ3n) is 9.59.